The highest BCUT2D eigenvalue weighted by Gasteiger charge is 2.12. The van der Waals surface area contributed by atoms with Crippen LogP contribution in [0.15, 0.2) is 30.3 Å². The third kappa shape index (κ3) is 4.56. The van der Waals surface area contributed by atoms with Gasteiger partial charge in [0.15, 0.2) is 6.61 Å². The number of hydrazine groups is 1. The fourth-order valence-electron chi connectivity index (χ4n) is 2.07. The summed E-state index contributed by atoms with van der Waals surface area (Å²) in [5, 5.41) is 0. The number of hydrogen-bond acceptors (Lipinski definition) is 4. The first-order valence-electron chi connectivity index (χ1n) is 7.38. The van der Waals surface area contributed by atoms with Crippen LogP contribution in [0.3, 0.4) is 0 Å². The van der Waals surface area contributed by atoms with Crippen molar-refractivity contribution in [3.8, 4) is 5.75 Å². The van der Waals surface area contributed by atoms with Crippen LogP contribution in [-0.2, 0) is 11.2 Å². The Morgan fingerprint density at radius 2 is 1.91 bits per heavy atom. The van der Waals surface area contributed by atoms with Crippen molar-refractivity contribution in [2.24, 2.45) is 0 Å². The van der Waals surface area contributed by atoms with E-state index >= 15 is 0 Å². The zero-order valence-electron chi connectivity index (χ0n) is 13.4. The summed E-state index contributed by atoms with van der Waals surface area (Å²) >= 11 is 1.42. The number of nitrogens with one attached hydrogen (secondary N) is 2. The molecule has 2 rings (SSSR count). The van der Waals surface area contributed by atoms with Crippen molar-refractivity contribution in [2.45, 2.75) is 27.2 Å². The Bertz CT molecular complexity index is 710. The molecule has 1 aromatic heterocycles. The Morgan fingerprint density at radius 3 is 2.57 bits per heavy atom. The summed E-state index contributed by atoms with van der Waals surface area (Å²) in [7, 11) is 0. The number of hydrogen-bond donors (Lipinski definition) is 2. The summed E-state index contributed by atoms with van der Waals surface area (Å²) in [4.78, 5) is 25.4. The number of rotatable bonds is 5. The highest BCUT2D eigenvalue weighted by Crippen LogP contribution is 2.21. The highest BCUT2D eigenvalue weighted by atomic mass is 32.1. The van der Waals surface area contributed by atoms with Crippen molar-refractivity contribution < 1.29 is 14.3 Å². The van der Waals surface area contributed by atoms with Gasteiger partial charge in [-0.2, -0.15) is 0 Å². The summed E-state index contributed by atoms with van der Waals surface area (Å²) in [5.41, 5.74) is 6.86. The van der Waals surface area contributed by atoms with Gasteiger partial charge in [-0.05, 0) is 43.5 Å². The molecule has 2 amide bonds. The van der Waals surface area contributed by atoms with Gasteiger partial charge < -0.3 is 4.74 Å². The van der Waals surface area contributed by atoms with Crippen LogP contribution >= 0.6 is 11.3 Å². The molecular weight excluding hydrogens is 312 g/mol. The van der Waals surface area contributed by atoms with E-state index in [1.807, 2.05) is 45.0 Å². The number of para-hydroxylation sites is 1. The fourth-order valence-corrected chi connectivity index (χ4v) is 3.08. The number of ether oxygens (including phenoxy) is 1. The van der Waals surface area contributed by atoms with Gasteiger partial charge >= 0.3 is 0 Å². The largest absolute Gasteiger partial charge is 0.483 e. The Labute approximate surface area is 139 Å². The maximum Gasteiger partial charge on any atom is 0.279 e. The molecule has 0 unspecified atom stereocenters. The van der Waals surface area contributed by atoms with Gasteiger partial charge in [0.2, 0.25) is 0 Å². The molecule has 0 saturated heterocycles. The minimum atomic E-state index is -0.411. The number of carbonyl (C=O) groups excluding carboxylic acids is 2. The van der Waals surface area contributed by atoms with E-state index < -0.39 is 5.91 Å². The van der Waals surface area contributed by atoms with Crippen molar-refractivity contribution in [3.05, 3.63) is 51.2 Å². The molecule has 0 aliphatic heterocycles. The summed E-state index contributed by atoms with van der Waals surface area (Å²) in [6.45, 7) is 5.77. The molecular formula is C17H20N2O3S. The summed E-state index contributed by atoms with van der Waals surface area (Å²) in [6, 6.07) is 9.29. The molecule has 0 bridgehead atoms. The summed E-state index contributed by atoms with van der Waals surface area (Å²) < 4.78 is 5.42. The second kappa shape index (κ2) is 7.78. The Balaban J connectivity index is 1.82. The van der Waals surface area contributed by atoms with E-state index in [0.717, 1.165) is 22.4 Å². The molecule has 1 aromatic carbocycles. The van der Waals surface area contributed by atoms with Crippen molar-refractivity contribution >= 4 is 23.2 Å². The molecule has 2 aromatic rings. The van der Waals surface area contributed by atoms with E-state index in [0.29, 0.717) is 10.6 Å². The van der Waals surface area contributed by atoms with E-state index in [1.54, 1.807) is 6.07 Å². The molecule has 0 aliphatic carbocycles. The number of amides is 2. The van der Waals surface area contributed by atoms with Crippen molar-refractivity contribution in [2.75, 3.05) is 6.61 Å². The molecule has 0 radical (unpaired) electrons. The molecule has 122 valence electrons. The molecule has 0 fully saturated rings. The third-order valence-electron chi connectivity index (χ3n) is 3.39. The Morgan fingerprint density at radius 1 is 1.17 bits per heavy atom. The van der Waals surface area contributed by atoms with E-state index in [4.69, 9.17) is 4.74 Å². The Hall–Kier alpha value is -2.34. The molecule has 0 spiro atoms. The predicted molar refractivity (Wildman–Crippen MR) is 90.7 cm³/mol. The van der Waals surface area contributed by atoms with Gasteiger partial charge in [0.1, 0.15) is 5.75 Å². The van der Waals surface area contributed by atoms with Gasteiger partial charge in [0.25, 0.3) is 11.8 Å². The van der Waals surface area contributed by atoms with Crippen LogP contribution in [0.5, 0.6) is 5.75 Å². The summed E-state index contributed by atoms with van der Waals surface area (Å²) in [5.74, 6) is -0.0805. The zero-order chi connectivity index (χ0) is 16.8. The average molecular weight is 332 g/mol. The molecule has 2 N–H and O–H groups in total. The van der Waals surface area contributed by atoms with Crippen LogP contribution in [0.4, 0.5) is 0 Å². The number of thiophene rings is 1. The summed E-state index contributed by atoms with van der Waals surface area (Å²) in [6.07, 6.45) is 0.881. The van der Waals surface area contributed by atoms with Crippen molar-refractivity contribution in [3.63, 3.8) is 0 Å². The van der Waals surface area contributed by atoms with Crippen LogP contribution in [0, 0.1) is 13.8 Å². The van der Waals surface area contributed by atoms with Crippen LogP contribution in [0.1, 0.15) is 32.6 Å². The van der Waals surface area contributed by atoms with Crippen molar-refractivity contribution in [1.29, 1.82) is 0 Å². The van der Waals surface area contributed by atoms with Gasteiger partial charge in [0, 0.05) is 4.88 Å². The maximum atomic E-state index is 12.0. The lowest BCUT2D eigenvalue weighted by atomic mass is 10.2. The SMILES string of the molecule is CCc1cc(C(=O)NNC(=O)COc2ccccc2C)sc1C. The smallest absolute Gasteiger partial charge is 0.279 e. The van der Waals surface area contributed by atoms with Crippen LogP contribution in [-0.4, -0.2) is 18.4 Å². The highest BCUT2D eigenvalue weighted by molar-refractivity contribution is 7.14. The van der Waals surface area contributed by atoms with E-state index in [2.05, 4.69) is 10.9 Å². The van der Waals surface area contributed by atoms with Gasteiger partial charge in [-0.15, -0.1) is 11.3 Å². The second-order valence-electron chi connectivity index (χ2n) is 5.10. The van der Waals surface area contributed by atoms with Crippen molar-refractivity contribution in [1.82, 2.24) is 10.9 Å². The monoisotopic (exact) mass is 332 g/mol. The molecule has 0 saturated carbocycles. The zero-order valence-corrected chi connectivity index (χ0v) is 14.3. The molecule has 0 atom stereocenters. The Kier molecular flexibility index (Phi) is 5.76. The van der Waals surface area contributed by atoms with Gasteiger partial charge in [0.05, 0.1) is 4.88 Å². The number of carbonyl (C=O) groups is 2. The molecule has 23 heavy (non-hydrogen) atoms. The minimum Gasteiger partial charge on any atom is -0.483 e. The van der Waals surface area contributed by atoms with E-state index in [-0.39, 0.29) is 12.5 Å². The number of benzene rings is 1. The topological polar surface area (TPSA) is 67.4 Å². The van der Waals surface area contributed by atoms with Crippen LogP contribution in [0.2, 0.25) is 0 Å². The first-order chi connectivity index (χ1) is 11.0. The second-order valence-corrected chi connectivity index (χ2v) is 6.36. The van der Waals surface area contributed by atoms with Crippen LogP contribution in [0.25, 0.3) is 0 Å². The molecule has 5 nitrogen and oxygen atoms in total. The normalized spacial score (nSPS) is 10.2. The van der Waals surface area contributed by atoms with Gasteiger partial charge in [-0.3, -0.25) is 20.4 Å². The first-order valence-corrected chi connectivity index (χ1v) is 8.19. The van der Waals surface area contributed by atoms with Crippen LogP contribution < -0.4 is 15.6 Å². The molecule has 1 heterocycles. The van der Waals surface area contributed by atoms with E-state index in [1.165, 1.54) is 11.3 Å². The predicted octanol–water partition coefficient (Wildman–Crippen LogP) is 2.77. The molecule has 6 heteroatoms. The first kappa shape index (κ1) is 17.0. The average Bonchev–Trinajstić information content (AvgIpc) is 2.93. The molecule has 0 aliphatic rings. The lowest BCUT2D eigenvalue weighted by molar-refractivity contribution is -0.123. The quantitative estimate of drug-likeness (QED) is 0.827. The minimum absolute atomic E-state index is 0.158. The van der Waals surface area contributed by atoms with Gasteiger partial charge in [-0.1, -0.05) is 25.1 Å². The lowest BCUT2D eigenvalue weighted by Gasteiger charge is -2.09. The van der Waals surface area contributed by atoms with Gasteiger partial charge in [-0.25, -0.2) is 0 Å². The fraction of sp³-hybridized carbons (Fsp3) is 0.294. The third-order valence-corrected chi connectivity index (χ3v) is 4.48. The van der Waals surface area contributed by atoms with E-state index in [9.17, 15) is 9.59 Å². The lowest BCUT2D eigenvalue weighted by Crippen LogP contribution is -2.43. The standard InChI is InChI=1S/C17H20N2O3S/c1-4-13-9-15(23-12(13)3)17(21)19-18-16(20)10-22-14-8-6-5-7-11(14)2/h5-9H,4,10H2,1-3H3,(H,18,20)(H,19,21). The maximum absolute atomic E-state index is 12.0. The number of aryl methyl sites for hydroxylation is 3.